The normalized spacial score (nSPS) is 22.9. The van der Waals surface area contributed by atoms with Crippen molar-refractivity contribution >= 4 is 40.0 Å². The molecular formula is C17H36IN5O3S. The minimum Gasteiger partial charge on any atom is -0.378 e. The summed E-state index contributed by atoms with van der Waals surface area (Å²) >= 11 is 0. The predicted molar refractivity (Wildman–Crippen MR) is 120 cm³/mol. The summed E-state index contributed by atoms with van der Waals surface area (Å²) in [6.45, 7) is 8.41. The number of hydrogen-bond donors (Lipinski definition) is 1. The molecule has 8 nitrogen and oxygen atoms in total. The zero-order valence-electron chi connectivity index (χ0n) is 17.1. The molecule has 10 heteroatoms. The molecule has 0 aromatic carbocycles. The summed E-state index contributed by atoms with van der Waals surface area (Å²) in [6.07, 6.45) is 2.51. The summed E-state index contributed by atoms with van der Waals surface area (Å²) in [6, 6.07) is 0.550. The van der Waals surface area contributed by atoms with Crippen LogP contribution in [0.25, 0.3) is 0 Å². The average Bonchev–Trinajstić information content (AvgIpc) is 3.00. The van der Waals surface area contributed by atoms with Gasteiger partial charge in [0, 0.05) is 45.8 Å². The highest BCUT2D eigenvalue weighted by Gasteiger charge is 2.28. The van der Waals surface area contributed by atoms with Crippen molar-refractivity contribution in [1.29, 1.82) is 0 Å². The maximum Gasteiger partial charge on any atom is 0.216 e. The molecule has 2 saturated heterocycles. The Balaban J connectivity index is 0.00000364. The quantitative estimate of drug-likeness (QED) is 0.304. The van der Waals surface area contributed by atoms with Crippen molar-refractivity contribution in [1.82, 2.24) is 19.4 Å². The molecule has 0 aromatic heterocycles. The van der Waals surface area contributed by atoms with Gasteiger partial charge in [0.1, 0.15) is 0 Å². The number of nitrogens with one attached hydrogen (secondary N) is 1. The summed E-state index contributed by atoms with van der Waals surface area (Å²) < 4.78 is 31.8. The van der Waals surface area contributed by atoms with Crippen LogP contribution >= 0.6 is 24.0 Å². The number of rotatable bonds is 7. The Morgan fingerprint density at radius 1 is 1.22 bits per heavy atom. The number of hydrogen-bond acceptors (Lipinski definition) is 5. The van der Waals surface area contributed by atoms with E-state index in [-0.39, 0.29) is 42.4 Å². The molecule has 0 aromatic rings. The van der Waals surface area contributed by atoms with Crippen molar-refractivity contribution in [2.24, 2.45) is 4.99 Å². The minimum absolute atomic E-state index is 0. The van der Waals surface area contributed by atoms with Gasteiger partial charge in [0.05, 0.1) is 18.5 Å². The van der Waals surface area contributed by atoms with Crippen LogP contribution in [0.4, 0.5) is 0 Å². The van der Waals surface area contributed by atoms with E-state index in [9.17, 15) is 8.42 Å². The van der Waals surface area contributed by atoms with Crippen LogP contribution in [0, 0.1) is 0 Å². The Labute approximate surface area is 181 Å². The van der Waals surface area contributed by atoms with Gasteiger partial charge in [-0.2, -0.15) is 4.31 Å². The molecule has 1 unspecified atom stereocenters. The number of likely N-dealkylation sites (N-methyl/N-ethyl adjacent to an activating group) is 1. The molecule has 1 atom stereocenters. The van der Waals surface area contributed by atoms with Crippen LogP contribution in [0.5, 0.6) is 0 Å². The smallest absolute Gasteiger partial charge is 0.216 e. The van der Waals surface area contributed by atoms with Gasteiger partial charge in [-0.25, -0.2) is 8.42 Å². The van der Waals surface area contributed by atoms with E-state index in [1.165, 1.54) is 12.8 Å². The molecule has 0 spiro atoms. The third-order valence-corrected chi connectivity index (χ3v) is 6.94. The van der Waals surface area contributed by atoms with Gasteiger partial charge in [-0.3, -0.25) is 4.99 Å². The third-order valence-electron chi connectivity index (χ3n) is 5.10. The number of nitrogens with zero attached hydrogens (tertiary/aromatic N) is 4. The number of ether oxygens (including phenoxy) is 1. The number of aliphatic imine (C=N–C) groups is 1. The lowest BCUT2D eigenvalue weighted by molar-refractivity contribution is 0.0904. The number of halogens is 1. The second kappa shape index (κ2) is 11.7. The van der Waals surface area contributed by atoms with E-state index >= 15 is 0 Å². The summed E-state index contributed by atoms with van der Waals surface area (Å²) in [7, 11) is 0.693. The average molecular weight is 517 g/mol. The Kier molecular flexibility index (Phi) is 10.8. The first-order chi connectivity index (χ1) is 12.3. The molecule has 2 aliphatic rings. The molecule has 0 aliphatic carbocycles. The van der Waals surface area contributed by atoms with Gasteiger partial charge in [0.2, 0.25) is 10.0 Å². The second-order valence-corrected chi connectivity index (χ2v) is 9.41. The number of sulfonamides is 1. The lowest BCUT2D eigenvalue weighted by Gasteiger charge is -2.36. The Hall–Kier alpha value is -0.170. The largest absolute Gasteiger partial charge is 0.378 e. The van der Waals surface area contributed by atoms with Crippen molar-refractivity contribution in [2.45, 2.75) is 38.8 Å². The van der Waals surface area contributed by atoms with Crippen LogP contribution in [0.15, 0.2) is 4.99 Å². The fraction of sp³-hybridized carbons (Fsp3) is 0.941. The standard InChI is InChI=1S/C17H35N5O3S.HI/c1-15(2)25-12-13-26(23,24)22-10-8-21(9-11-22)17(18-3)19-14-16-6-5-7-20(16)4;/h15-16H,5-14H2,1-4H3,(H,18,19);1H. The Morgan fingerprint density at radius 3 is 2.41 bits per heavy atom. The lowest BCUT2D eigenvalue weighted by atomic mass is 10.2. The Bertz CT molecular complexity index is 565. The summed E-state index contributed by atoms with van der Waals surface area (Å²) in [5, 5.41) is 3.46. The monoisotopic (exact) mass is 517 g/mol. The SMILES string of the molecule is CN=C(NCC1CCCN1C)N1CCN(S(=O)(=O)CCOC(C)C)CC1.I. The van der Waals surface area contributed by atoms with Crippen molar-refractivity contribution in [2.75, 3.05) is 65.7 Å². The topological polar surface area (TPSA) is 77.5 Å². The van der Waals surface area contributed by atoms with E-state index < -0.39 is 10.0 Å². The molecule has 160 valence electrons. The van der Waals surface area contributed by atoms with Gasteiger partial charge < -0.3 is 19.9 Å². The zero-order chi connectivity index (χ0) is 19.2. The summed E-state index contributed by atoms with van der Waals surface area (Å²) in [5.74, 6) is 0.914. The van der Waals surface area contributed by atoms with Crippen molar-refractivity contribution in [3.8, 4) is 0 Å². The minimum atomic E-state index is -3.25. The van der Waals surface area contributed by atoms with E-state index in [2.05, 4.69) is 27.2 Å². The molecule has 2 aliphatic heterocycles. The van der Waals surface area contributed by atoms with Crippen LogP contribution in [0.2, 0.25) is 0 Å². The Morgan fingerprint density at radius 2 is 1.89 bits per heavy atom. The second-order valence-electron chi connectivity index (χ2n) is 7.33. The number of guanidine groups is 1. The van der Waals surface area contributed by atoms with Crippen molar-refractivity contribution in [3.63, 3.8) is 0 Å². The first kappa shape index (κ1) is 24.9. The van der Waals surface area contributed by atoms with Gasteiger partial charge in [0.15, 0.2) is 5.96 Å². The van der Waals surface area contributed by atoms with Gasteiger partial charge in [-0.15, -0.1) is 24.0 Å². The van der Waals surface area contributed by atoms with E-state index in [4.69, 9.17) is 4.74 Å². The summed E-state index contributed by atoms with van der Waals surface area (Å²) in [5.41, 5.74) is 0. The van der Waals surface area contributed by atoms with Crippen LogP contribution in [0.3, 0.4) is 0 Å². The molecule has 0 radical (unpaired) electrons. The number of likely N-dealkylation sites (tertiary alicyclic amines) is 1. The molecule has 27 heavy (non-hydrogen) atoms. The van der Waals surface area contributed by atoms with E-state index in [1.54, 1.807) is 11.4 Å². The molecule has 2 rings (SSSR count). The molecule has 2 heterocycles. The molecule has 0 bridgehead atoms. The first-order valence-electron chi connectivity index (χ1n) is 9.58. The fourth-order valence-corrected chi connectivity index (χ4v) is 4.76. The highest BCUT2D eigenvalue weighted by atomic mass is 127. The van der Waals surface area contributed by atoms with Crippen LogP contribution in [-0.2, 0) is 14.8 Å². The lowest BCUT2D eigenvalue weighted by Crippen LogP contribution is -2.55. The summed E-state index contributed by atoms with van der Waals surface area (Å²) in [4.78, 5) is 8.90. The molecule has 1 N–H and O–H groups in total. The highest BCUT2D eigenvalue weighted by Crippen LogP contribution is 2.14. The van der Waals surface area contributed by atoms with Crippen LogP contribution in [0.1, 0.15) is 26.7 Å². The van der Waals surface area contributed by atoms with Crippen LogP contribution in [-0.4, -0.2) is 106 Å². The number of piperazine rings is 1. The van der Waals surface area contributed by atoms with Gasteiger partial charge in [-0.05, 0) is 40.3 Å². The van der Waals surface area contributed by atoms with E-state index in [0.29, 0.717) is 32.2 Å². The molecule has 0 amide bonds. The first-order valence-corrected chi connectivity index (χ1v) is 11.2. The van der Waals surface area contributed by atoms with Crippen molar-refractivity contribution in [3.05, 3.63) is 0 Å². The van der Waals surface area contributed by atoms with Crippen molar-refractivity contribution < 1.29 is 13.2 Å². The molecule has 2 fully saturated rings. The molecular weight excluding hydrogens is 481 g/mol. The van der Waals surface area contributed by atoms with Crippen LogP contribution < -0.4 is 5.32 Å². The fourth-order valence-electron chi connectivity index (χ4n) is 3.47. The zero-order valence-corrected chi connectivity index (χ0v) is 20.2. The maximum atomic E-state index is 12.4. The maximum absolute atomic E-state index is 12.4. The third kappa shape index (κ3) is 7.64. The highest BCUT2D eigenvalue weighted by molar-refractivity contribution is 14.0. The van der Waals surface area contributed by atoms with E-state index in [0.717, 1.165) is 19.0 Å². The molecule has 0 saturated carbocycles. The van der Waals surface area contributed by atoms with Gasteiger partial charge >= 0.3 is 0 Å². The van der Waals surface area contributed by atoms with Gasteiger partial charge in [-0.1, -0.05) is 0 Å². The van der Waals surface area contributed by atoms with E-state index in [1.807, 2.05) is 13.8 Å². The van der Waals surface area contributed by atoms with Gasteiger partial charge in [0.25, 0.3) is 0 Å². The predicted octanol–water partition coefficient (Wildman–Crippen LogP) is 0.646.